The van der Waals surface area contributed by atoms with Gasteiger partial charge in [-0.2, -0.15) is 0 Å². The van der Waals surface area contributed by atoms with Crippen molar-refractivity contribution in [3.63, 3.8) is 0 Å². The highest BCUT2D eigenvalue weighted by molar-refractivity contribution is 6.30. The predicted octanol–water partition coefficient (Wildman–Crippen LogP) is 1.75. The van der Waals surface area contributed by atoms with Crippen molar-refractivity contribution < 1.29 is 14.3 Å². The number of carbonyl (C=O) groups is 2. The van der Waals surface area contributed by atoms with Crippen LogP contribution in [-0.4, -0.2) is 31.0 Å². The van der Waals surface area contributed by atoms with Gasteiger partial charge in [0.15, 0.2) is 6.10 Å². The van der Waals surface area contributed by atoms with E-state index in [9.17, 15) is 9.59 Å². The number of nitrogens with one attached hydrogen (secondary N) is 2. The van der Waals surface area contributed by atoms with Gasteiger partial charge >= 0.3 is 0 Å². The Morgan fingerprint density at radius 3 is 2.48 bits per heavy atom. The molecule has 2 amide bonds. The summed E-state index contributed by atoms with van der Waals surface area (Å²) < 4.78 is 5.50. The molecular formula is C15H19ClN2O3. The maximum Gasteiger partial charge on any atom is 0.260 e. The highest BCUT2D eigenvalue weighted by atomic mass is 35.5. The van der Waals surface area contributed by atoms with Gasteiger partial charge in [-0.3, -0.25) is 9.59 Å². The zero-order valence-corrected chi connectivity index (χ0v) is 12.7. The molecule has 1 unspecified atom stereocenters. The first-order chi connectivity index (χ1) is 10.1. The van der Waals surface area contributed by atoms with Gasteiger partial charge in [-0.1, -0.05) is 11.6 Å². The van der Waals surface area contributed by atoms with Gasteiger partial charge in [-0.25, -0.2) is 0 Å². The average Bonchev–Trinajstić information content (AvgIpc) is 3.30. The van der Waals surface area contributed by atoms with E-state index in [1.807, 2.05) is 0 Å². The molecule has 1 atom stereocenters. The fraction of sp³-hybridized carbons (Fsp3) is 0.467. The van der Waals surface area contributed by atoms with E-state index in [4.69, 9.17) is 16.3 Å². The number of halogens is 1. The molecular weight excluding hydrogens is 292 g/mol. The third kappa shape index (κ3) is 5.27. The summed E-state index contributed by atoms with van der Waals surface area (Å²) in [6.45, 7) is 2.51. The number of ether oxygens (including phenoxy) is 1. The van der Waals surface area contributed by atoms with E-state index in [0.717, 1.165) is 12.8 Å². The molecule has 1 aromatic rings. The van der Waals surface area contributed by atoms with Crippen molar-refractivity contribution in [3.05, 3.63) is 29.3 Å². The Labute approximate surface area is 129 Å². The summed E-state index contributed by atoms with van der Waals surface area (Å²) in [4.78, 5) is 23.2. The molecule has 1 aliphatic rings. The van der Waals surface area contributed by atoms with Crippen molar-refractivity contribution in [2.45, 2.75) is 25.9 Å². The van der Waals surface area contributed by atoms with E-state index in [-0.39, 0.29) is 17.7 Å². The molecule has 0 saturated heterocycles. The molecule has 5 nitrogen and oxygen atoms in total. The lowest BCUT2D eigenvalue weighted by Gasteiger charge is -2.15. The molecule has 0 heterocycles. The highest BCUT2D eigenvalue weighted by Crippen LogP contribution is 2.28. The van der Waals surface area contributed by atoms with Crippen LogP contribution in [0.2, 0.25) is 5.02 Å². The van der Waals surface area contributed by atoms with Crippen molar-refractivity contribution in [1.29, 1.82) is 0 Å². The second kappa shape index (κ2) is 7.31. The lowest BCUT2D eigenvalue weighted by Crippen LogP contribution is -2.41. The minimum atomic E-state index is -0.606. The number of benzene rings is 1. The van der Waals surface area contributed by atoms with E-state index in [1.165, 1.54) is 0 Å². The first-order valence-electron chi connectivity index (χ1n) is 7.04. The summed E-state index contributed by atoms with van der Waals surface area (Å²) in [5.74, 6) is 0.636. The Balaban J connectivity index is 1.64. The zero-order chi connectivity index (χ0) is 15.2. The van der Waals surface area contributed by atoms with Crippen LogP contribution in [0.4, 0.5) is 0 Å². The van der Waals surface area contributed by atoms with Gasteiger partial charge in [-0.15, -0.1) is 0 Å². The number of rotatable bonds is 7. The maximum absolute atomic E-state index is 11.8. The quantitative estimate of drug-likeness (QED) is 0.754. The summed E-state index contributed by atoms with van der Waals surface area (Å²) in [7, 11) is 0. The first-order valence-corrected chi connectivity index (χ1v) is 7.41. The average molecular weight is 311 g/mol. The summed E-state index contributed by atoms with van der Waals surface area (Å²) in [6.07, 6.45) is 1.35. The largest absolute Gasteiger partial charge is 0.481 e. The zero-order valence-electron chi connectivity index (χ0n) is 11.9. The van der Waals surface area contributed by atoms with E-state index in [0.29, 0.717) is 23.9 Å². The van der Waals surface area contributed by atoms with Crippen molar-refractivity contribution in [2.24, 2.45) is 5.92 Å². The summed E-state index contributed by atoms with van der Waals surface area (Å²) in [5.41, 5.74) is 0. The molecule has 0 spiro atoms. The lowest BCUT2D eigenvalue weighted by molar-refractivity contribution is -0.127. The standard InChI is InChI=1S/C15H19ClN2O3/c1-10(21-13-6-4-12(16)5-7-13)14(19)17-8-9-18-15(20)11-2-3-11/h4-7,10-11H,2-3,8-9H2,1H3,(H,17,19)(H,18,20). The summed E-state index contributed by atoms with van der Waals surface area (Å²) in [5, 5.41) is 6.13. The number of carbonyl (C=O) groups excluding carboxylic acids is 2. The van der Waals surface area contributed by atoms with Crippen LogP contribution in [0.25, 0.3) is 0 Å². The lowest BCUT2D eigenvalue weighted by atomic mass is 10.3. The van der Waals surface area contributed by atoms with Crippen LogP contribution in [-0.2, 0) is 9.59 Å². The molecule has 0 bridgehead atoms. The summed E-state index contributed by atoms with van der Waals surface area (Å²) in [6, 6.07) is 6.83. The van der Waals surface area contributed by atoms with Crippen molar-refractivity contribution in [1.82, 2.24) is 10.6 Å². The monoisotopic (exact) mass is 310 g/mol. The molecule has 0 radical (unpaired) electrons. The highest BCUT2D eigenvalue weighted by Gasteiger charge is 2.29. The minimum Gasteiger partial charge on any atom is -0.481 e. The van der Waals surface area contributed by atoms with Gasteiger partial charge in [0, 0.05) is 24.0 Å². The number of hydrogen-bond donors (Lipinski definition) is 2. The molecule has 2 rings (SSSR count). The molecule has 0 aliphatic heterocycles. The van der Waals surface area contributed by atoms with E-state index in [1.54, 1.807) is 31.2 Å². The topological polar surface area (TPSA) is 67.4 Å². The fourth-order valence-corrected chi connectivity index (χ4v) is 1.90. The van der Waals surface area contributed by atoms with Crippen LogP contribution in [0.15, 0.2) is 24.3 Å². The maximum atomic E-state index is 11.8. The van der Waals surface area contributed by atoms with E-state index in [2.05, 4.69) is 10.6 Å². The second-order valence-electron chi connectivity index (χ2n) is 5.07. The Bertz CT molecular complexity index is 500. The van der Waals surface area contributed by atoms with E-state index < -0.39 is 6.10 Å². The van der Waals surface area contributed by atoms with Gasteiger partial charge in [0.25, 0.3) is 5.91 Å². The van der Waals surface area contributed by atoms with Crippen LogP contribution in [0, 0.1) is 5.92 Å². The molecule has 0 aromatic heterocycles. The van der Waals surface area contributed by atoms with Crippen molar-refractivity contribution in [3.8, 4) is 5.75 Å². The molecule has 6 heteroatoms. The van der Waals surface area contributed by atoms with Crippen LogP contribution < -0.4 is 15.4 Å². The van der Waals surface area contributed by atoms with Gasteiger partial charge in [0.2, 0.25) is 5.91 Å². The van der Waals surface area contributed by atoms with Crippen LogP contribution >= 0.6 is 11.6 Å². The Morgan fingerprint density at radius 1 is 1.24 bits per heavy atom. The molecule has 1 aromatic carbocycles. The van der Waals surface area contributed by atoms with Crippen molar-refractivity contribution >= 4 is 23.4 Å². The van der Waals surface area contributed by atoms with Crippen molar-refractivity contribution in [2.75, 3.05) is 13.1 Å². The van der Waals surface area contributed by atoms with Crippen LogP contribution in [0.1, 0.15) is 19.8 Å². The summed E-state index contributed by atoms with van der Waals surface area (Å²) >= 11 is 5.78. The molecule has 1 saturated carbocycles. The van der Waals surface area contributed by atoms with E-state index >= 15 is 0 Å². The predicted molar refractivity (Wildman–Crippen MR) is 80.3 cm³/mol. The Morgan fingerprint density at radius 2 is 1.86 bits per heavy atom. The third-order valence-corrected chi connectivity index (χ3v) is 3.42. The fourth-order valence-electron chi connectivity index (χ4n) is 1.78. The number of hydrogen-bond acceptors (Lipinski definition) is 3. The molecule has 21 heavy (non-hydrogen) atoms. The molecule has 1 fully saturated rings. The van der Waals surface area contributed by atoms with Gasteiger partial charge in [-0.05, 0) is 44.0 Å². The normalized spacial score (nSPS) is 15.1. The van der Waals surface area contributed by atoms with Gasteiger partial charge in [0.05, 0.1) is 0 Å². The molecule has 2 N–H and O–H groups in total. The first kappa shape index (κ1) is 15.6. The second-order valence-corrected chi connectivity index (χ2v) is 5.51. The van der Waals surface area contributed by atoms with Crippen LogP contribution in [0.5, 0.6) is 5.75 Å². The number of amides is 2. The minimum absolute atomic E-state index is 0.0784. The van der Waals surface area contributed by atoms with Gasteiger partial charge in [0.1, 0.15) is 5.75 Å². The smallest absolute Gasteiger partial charge is 0.260 e. The van der Waals surface area contributed by atoms with Crippen LogP contribution in [0.3, 0.4) is 0 Å². The Hall–Kier alpha value is -1.75. The Kier molecular flexibility index (Phi) is 5.44. The SMILES string of the molecule is CC(Oc1ccc(Cl)cc1)C(=O)NCCNC(=O)C1CC1. The third-order valence-electron chi connectivity index (χ3n) is 3.17. The molecule has 114 valence electrons. The van der Waals surface area contributed by atoms with Gasteiger partial charge < -0.3 is 15.4 Å². The molecule has 1 aliphatic carbocycles.